The lowest BCUT2D eigenvalue weighted by Gasteiger charge is -2.06. The second-order valence-corrected chi connectivity index (χ2v) is 3.03. The summed E-state index contributed by atoms with van der Waals surface area (Å²) >= 11 is 0. The Kier molecular flexibility index (Phi) is 4.32. The number of methoxy groups -OCH3 is 2. The Morgan fingerprint density at radius 3 is 2.69 bits per heavy atom. The second-order valence-electron chi connectivity index (χ2n) is 3.03. The molecule has 0 aliphatic heterocycles. The molecule has 1 aromatic rings. The van der Waals surface area contributed by atoms with Gasteiger partial charge in [-0.05, 0) is 12.1 Å². The molecule has 16 heavy (non-hydrogen) atoms. The molecule has 0 fully saturated rings. The van der Waals surface area contributed by atoms with E-state index in [0.717, 1.165) is 5.56 Å². The maximum Gasteiger partial charge on any atom is 0.236 e. The Balaban J connectivity index is 2.87. The smallest absolute Gasteiger partial charge is 0.236 e. The largest absolute Gasteiger partial charge is 0.497 e. The van der Waals surface area contributed by atoms with Crippen LogP contribution in [0.5, 0.6) is 11.5 Å². The molecule has 1 aromatic carbocycles. The van der Waals surface area contributed by atoms with Crippen molar-refractivity contribution in [3.8, 4) is 11.5 Å². The highest BCUT2D eigenvalue weighted by molar-refractivity contribution is 5.85. The van der Waals surface area contributed by atoms with Gasteiger partial charge in [-0.1, -0.05) is 0 Å². The van der Waals surface area contributed by atoms with E-state index in [-0.39, 0.29) is 5.91 Å². The third kappa shape index (κ3) is 3.27. The Bertz CT molecular complexity index is 402. The van der Waals surface area contributed by atoms with E-state index in [0.29, 0.717) is 11.5 Å². The molecule has 1 rings (SSSR count). The monoisotopic (exact) mass is 222 g/mol. The van der Waals surface area contributed by atoms with Crippen LogP contribution in [-0.2, 0) is 4.79 Å². The number of rotatable bonds is 4. The Morgan fingerprint density at radius 1 is 1.38 bits per heavy atom. The highest BCUT2D eigenvalue weighted by atomic mass is 16.5. The van der Waals surface area contributed by atoms with Crippen molar-refractivity contribution in [3.05, 3.63) is 23.8 Å². The maximum absolute atomic E-state index is 10.6. The first kappa shape index (κ1) is 12.0. The Hall–Kier alpha value is -2.04. The fraction of sp³-hybridized carbons (Fsp3) is 0.273. The standard InChI is InChI=1S/C11H14N2O3/c1-8(14)13-12-7-9-4-5-10(15-2)6-11(9)16-3/h4-7H,1-3H3,(H,13,14)/b12-7+. The third-order valence-corrected chi connectivity index (χ3v) is 1.87. The van der Waals surface area contributed by atoms with E-state index in [1.165, 1.54) is 13.1 Å². The van der Waals surface area contributed by atoms with E-state index in [1.54, 1.807) is 32.4 Å². The quantitative estimate of drug-likeness (QED) is 0.614. The molecule has 0 heterocycles. The number of benzene rings is 1. The molecule has 5 nitrogen and oxygen atoms in total. The lowest BCUT2D eigenvalue weighted by Crippen LogP contribution is -2.12. The van der Waals surface area contributed by atoms with Gasteiger partial charge in [0.05, 0.1) is 20.4 Å². The number of nitrogens with zero attached hydrogens (tertiary/aromatic N) is 1. The van der Waals surface area contributed by atoms with Crippen LogP contribution in [0.2, 0.25) is 0 Å². The molecule has 0 radical (unpaired) electrons. The van der Waals surface area contributed by atoms with Crippen molar-refractivity contribution in [2.45, 2.75) is 6.92 Å². The molecular formula is C11H14N2O3. The molecule has 0 bridgehead atoms. The van der Waals surface area contributed by atoms with Crippen molar-refractivity contribution in [1.82, 2.24) is 5.43 Å². The zero-order chi connectivity index (χ0) is 12.0. The second kappa shape index (κ2) is 5.75. The fourth-order valence-electron chi connectivity index (χ4n) is 1.12. The number of carbonyl (C=O) groups is 1. The molecule has 0 aromatic heterocycles. The van der Waals surface area contributed by atoms with Gasteiger partial charge in [-0.3, -0.25) is 4.79 Å². The van der Waals surface area contributed by atoms with Crippen molar-refractivity contribution in [3.63, 3.8) is 0 Å². The minimum absolute atomic E-state index is 0.219. The van der Waals surface area contributed by atoms with Gasteiger partial charge in [0.25, 0.3) is 0 Å². The van der Waals surface area contributed by atoms with Crippen LogP contribution in [0.3, 0.4) is 0 Å². The van der Waals surface area contributed by atoms with Gasteiger partial charge in [0, 0.05) is 18.6 Å². The van der Waals surface area contributed by atoms with Crippen molar-refractivity contribution >= 4 is 12.1 Å². The summed E-state index contributed by atoms with van der Waals surface area (Å²) in [7, 11) is 3.14. The first-order valence-electron chi connectivity index (χ1n) is 4.69. The topological polar surface area (TPSA) is 59.9 Å². The lowest BCUT2D eigenvalue weighted by atomic mass is 10.2. The van der Waals surface area contributed by atoms with Crippen molar-refractivity contribution in [2.24, 2.45) is 5.10 Å². The van der Waals surface area contributed by atoms with Crippen molar-refractivity contribution in [1.29, 1.82) is 0 Å². The zero-order valence-corrected chi connectivity index (χ0v) is 9.48. The van der Waals surface area contributed by atoms with Gasteiger partial charge in [-0.2, -0.15) is 5.10 Å². The summed E-state index contributed by atoms with van der Waals surface area (Å²) in [6.45, 7) is 1.39. The van der Waals surface area contributed by atoms with Gasteiger partial charge in [0.15, 0.2) is 0 Å². The molecule has 5 heteroatoms. The van der Waals surface area contributed by atoms with Crippen LogP contribution in [-0.4, -0.2) is 26.3 Å². The number of nitrogens with one attached hydrogen (secondary N) is 1. The number of hydrogen-bond acceptors (Lipinski definition) is 4. The number of ether oxygens (including phenoxy) is 2. The Labute approximate surface area is 94.1 Å². The molecule has 0 saturated heterocycles. The normalized spacial score (nSPS) is 10.2. The van der Waals surface area contributed by atoms with E-state index in [9.17, 15) is 4.79 Å². The van der Waals surface area contributed by atoms with Crippen LogP contribution in [0.1, 0.15) is 12.5 Å². The van der Waals surface area contributed by atoms with Crippen LogP contribution in [0.4, 0.5) is 0 Å². The summed E-state index contributed by atoms with van der Waals surface area (Å²) in [4.78, 5) is 10.6. The molecular weight excluding hydrogens is 208 g/mol. The van der Waals surface area contributed by atoms with Gasteiger partial charge in [0.1, 0.15) is 11.5 Å². The molecule has 0 aliphatic carbocycles. The average molecular weight is 222 g/mol. The van der Waals surface area contributed by atoms with Gasteiger partial charge < -0.3 is 9.47 Å². The molecule has 1 amide bonds. The van der Waals surface area contributed by atoms with Gasteiger partial charge in [-0.15, -0.1) is 0 Å². The first-order chi connectivity index (χ1) is 7.67. The molecule has 0 unspecified atom stereocenters. The number of hydrogen-bond donors (Lipinski definition) is 1. The highest BCUT2D eigenvalue weighted by Crippen LogP contribution is 2.22. The summed E-state index contributed by atoms with van der Waals surface area (Å²) < 4.78 is 10.2. The van der Waals surface area contributed by atoms with E-state index in [4.69, 9.17) is 9.47 Å². The van der Waals surface area contributed by atoms with Crippen LogP contribution < -0.4 is 14.9 Å². The zero-order valence-electron chi connectivity index (χ0n) is 9.48. The summed E-state index contributed by atoms with van der Waals surface area (Å²) in [5, 5.41) is 3.76. The third-order valence-electron chi connectivity index (χ3n) is 1.87. The van der Waals surface area contributed by atoms with Crippen LogP contribution >= 0.6 is 0 Å². The summed E-state index contributed by atoms with van der Waals surface area (Å²) in [5.41, 5.74) is 3.08. The van der Waals surface area contributed by atoms with Gasteiger partial charge in [-0.25, -0.2) is 5.43 Å². The molecule has 1 N–H and O–H groups in total. The average Bonchev–Trinajstić information content (AvgIpc) is 2.29. The predicted octanol–water partition coefficient (Wildman–Crippen LogP) is 1.17. The molecule has 0 atom stereocenters. The van der Waals surface area contributed by atoms with Crippen LogP contribution in [0.25, 0.3) is 0 Å². The highest BCUT2D eigenvalue weighted by Gasteiger charge is 2.02. The predicted molar refractivity (Wildman–Crippen MR) is 61.0 cm³/mol. The number of hydrazone groups is 1. The lowest BCUT2D eigenvalue weighted by molar-refractivity contribution is -0.118. The maximum atomic E-state index is 10.6. The summed E-state index contributed by atoms with van der Waals surface area (Å²) in [5.74, 6) is 1.12. The molecule has 0 spiro atoms. The van der Waals surface area contributed by atoms with E-state index in [2.05, 4.69) is 10.5 Å². The van der Waals surface area contributed by atoms with Gasteiger partial charge in [0.2, 0.25) is 5.91 Å². The van der Waals surface area contributed by atoms with Crippen molar-refractivity contribution in [2.75, 3.05) is 14.2 Å². The molecule has 0 saturated carbocycles. The van der Waals surface area contributed by atoms with Crippen molar-refractivity contribution < 1.29 is 14.3 Å². The SMILES string of the molecule is COc1ccc(/C=N/NC(C)=O)c(OC)c1. The number of carbonyl (C=O) groups excluding carboxylic acids is 1. The number of amides is 1. The van der Waals surface area contributed by atoms with E-state index >= 15 is 0 Å². The Morgan fingerprint density at radius 2 is 2.12 bits per heavy atom. The van der Waals surface area contributed by atoms with Crippen LogP contribution in [0, 0.1) is 0 Å². The van der Waals surface area contributed by atoms with E-state index in [1.807, 2.05) is 0 Å². The first-order valence-corrected chi connectivity index (χ1v) is 4.69. The van der Waals surface area contributed by atoms with E-state index < -0.39 is 0 Å². The molecule has 86 valence electrons. The minimum atomic E-state index is -0.219. The minimum Gasteiger partial charge on any atom is -0.497 e. The molecule has 0 aliphatic rings. The van der Waals surface area contributed by atoms with Gasteiger partial charge >= 0.3 is 0 Å². The van der Waals surface area contributed by atoms with Crippen LogP contribution in [0.15, 0.2) is 23.3 Å². The fourth-order valence-corrected chi connectivity index (χ4v) is 1.12. The summed E-state index contributed by atoms with van der Waals surface area (Å²) in [6.07, 6.45) is 1.51. The summed E-state index contributed by atoms with van der Waals surface area (Å²) in [6, 6.07) is 5.33.